The molecule has 148 valence electrons. The van der Waals surface area contributed by atoms with E-state index in [0.717, 1.165) is 0 Å². The van der Waals surface area contributed by atoms with Gasteiger partial charge in [0, 0.05) is 0 Å². The second kappa shape index (κ2) is 8.36. The number of hydrazine groups is 1. The van der Waals surface area contributed by atoms with Crippen molar-refractivity contribution < 1.29 is 9.63 Å². The fourth-order valence-corrected chi connectivity index (χ4v) is 2.98. The van der Waals surface area contributed by atoms with Gasteiger partial charge in [-0.15, -0.1) is 0 Å². The summed E-state index contributed by atoms with van der Waals surface area (Å²) >= 11 is 35.3. The quantitative estimate of drug-likeness (QED) is 0.364. The van der Waals surface area contributed by atoms with Gasteiger partial charge in [0.1, 0.15) is 5.02 Å². The van der Waals surface area contributed by atoms with E-state index in [2.05, 4.69) is 20.5 Å². The van der Waals surface area contributed by atoms with Crippen LogP contribution < -0.4 is 15.3 Å². The van der Waals surface area contributed by atoms with Gasteiger partial charge in [-0.05, 0) is 19.1 Å². The summed E-state index contributed by atoms with van der Waals surface area (Å²) in [6.07, 6.45) is 0. The van der Waals surface area contributed by atoms with Crippen molar-refractivity contribution in [1.82, 2.24) is 15.4 Å². The number of halogens is 6. The minimum Gasteiger partial charge on any atom is -0.334 e. The van der Waals surface area contributed by atoms with E-state index < -0.39 is 15.7 Å². The van der Waals surface area contributed by atoms with E-state index in [0.29, 0.717) is 10.7 Å². The van der Waals surface area contributed by atoms with Crippen LogP contribution in [0.15, 0.2) is 29.4 Å². The molecule has 1 saturated heterocycles. The summed E-state index contributed by atoms with van der Waals surface area (Å²) in [5.74, 6) is -1.01. The molecule has 28 heavy (non-hydrogen) atoms. The first-order chi connectivity index (χ1) is 13.1. The average Bonchev–Trinajstić information content (AvgIpc) is 2.90. The largest absolute Gasteiger partial charge is 0.334 e. The van der Waals surface area contributed by atoms with E-state index in [-0.39, 0.29) is 27.6 Å². The molecule has 1 fully saturated rings. The normalized spacial score (nSPS) is 18.8. The third-order valence-corrected chi connectivity index (χ3v) is 5.05. The maximum atomic E-state index is 12.7. The number of oxime groups is 1. The number of alkyl halides is 3. The fraction of sp³-hybridized carbons (Fsp3) is 0.200. The van der Waals surface area contributed by atoms with Gasteiger partial charge in [-0.2, -0.15) is 4.98 Å². The van der Waals surface area contributed by atoms with Crippen LogP contribution in [0.3, 0.4) is 0 Å². The number of benzene rings is 1. The standard InChI is InChI=1S/C15H9Cl6N5O2/c1-6-10(13(27)26(24-6)8-5-3-2-4-7(8)16)25-28-12-9(17)11(18)22-14(23-12)15(19,20)21/h2-6,24H,1H3. The molecule has 7 nitrogen and oxygen atoms in total. The molecule has 1 aliphatic heterocycles. The number of anilines is 1. The highest BCUT2D eigenvalue weighted by molar-refractivity contribution is 6.66. The first-order valence-electron chi connectivity index (χ1n) is 7.50. The van der Waals surface area contributed by atoms with Crippen LogP contribution in [0.1, 0.15) is 12.7 Å². The van der Waals surface area contributed by atoms with Crippen LogP contribution in [0.5, 0.6) is 5.88 Å². The number of rotatable bonds is 3. The highest BCUT2D eigenvalue weighted by Crippen LogP contribution is 2.39. The first-order valence-corrected chi connectivity index (χ1v) is 9.76. The zero-order chi connectivity index (χ0) is 20.6. The number of carbonyl (C=O) groups excluding carboxylic acids is 1. The Morgan fingerprint density at radius 3 is 2.50 bits per heavy atom. The van der Waals surface area contributed by atoms with Gasteiger partial charge in [0.05, 0.1) is 16.8 Å². The molecule has 2 aromatic rings. The average molecular weight is 504 g/mol. The molecule has 0 aliphatic carbocycles. The van der Waals surface area contributed by atoms with E-state index in [4.69, 9.17) is 74.4 Å². The third kappa shape index (κ3) is 4.41. The van der Waals surface area contributed by atoms with Crippen molar-refractivity contribution in [3.63, 3.8) is 0 Å². The van der Waals surface area contributed by atoms with Crippen molar-refractivity contribution in [1.29, 1.82) is 0 Å². The number of nitrogens with one attached hydrogen (secondary N) is 1. The highest BCUT2D eigenvalue weighted by Gasteiger charge is 2.37. The molecule has 1 N–H and O–H groups in total. The Morgan fingerprint density at radius 1 is 1.18 bits per heavy atom. The minimum atomic E-state index is -1.96. The lowest BCUT2D eigenvalue weighted by atomic mass is 10.2. The number of carbonyl (C=O) groups is 1. The molecule has 1 unspecified atom stereocenters. The van der Waals surface area contributed by atoms with Gasteiger partial charge >= 0.3 is 0 Å². The fourth-order valence-electron chi connectivity index (χ4n) is 2.22. The molecule has 13 heteroatoms. The lowest BCUT2D eigenvalue weighted by Crippen LogP contribution is -2.36. The minimum absolute atomic E-state index is 0.0427. The summed E-state index contributed by atoms with van der Waals surface area (Å²) in [5.41, 5.74) is 3.45. The number of hydrogen-bond donors (Lipinski definition) is 1. The van der Waals surface area contributed by atoms with Crippen LogP contribution in [0.4, 0.5) is 5.69 Å². The van der Waals surface area contributed by atoms with Crippen LogP contribution in [0.2, 0.25) is 15.2 Å². The summed E-state index contributed by atoms with van der Waals surface area (Å²) in [6, 6.07) is 6.33. The van der Waals surface area contributed by atoms with E-state index in [1.807, 2.05) is 0 Å². The summed E-state index contributed by atoms with van der Waals surface area (Å²) in [6.45, 7) is 1.71. The van der Waals surface area contributed by atoms with Crippen molar-refractivity contribution in [2.24, 2.45) is 5.16 Å². The second-order valence-electron chi connectivity index (χ2n) is 5.47. The van der Waals surface area contributed by atoms with Gasteiger partial charge in [0.15, 0.2) is 16.7 Å². The molecule has 0 saturated carbocycles. The number of amides is 1. The van der Waals surface area contributed by atoms with E-state index in [9.17, 15) is 4.79 Å². The van der Waals surface area contributed by atoms with Crippen molar-refractivity contribution in [3.8, 4) is 5.88 Å². The molecule has 1 atom stereocenters. The van der Waals surface area contributed by atoms with Gasteiger partial charge in [0.2, 0.25) is 3.79 Å². The van der Waals surface area contributed by atoms with Crippen LogP contribution in [0.25, 0.3) is 0 Å². The number of aromatic nitrogens is 2. The van der Waals surface area contributed by atoms with Gasteiger partial charge in [-0.1, -0.05) is 86.9 Å². The maximum absolute atomic E-state index is 12.7. The molecule has 1 amide bonds. The van der Waals surface area contributed by atoms with Gasteiger partial charge in [0.25, 0.3) is 11.8 Å². The van der Waals surface area contributed by atoms with Gasteiger partial charge in [-0.25, -0.2) is 15.4 Å². The predicted molar refractivity (Wildman–Crippen MR) is 111 cm³/mol. The monoisotopic (exact) mass is 501 g/mol. The molecule has 0 radical (unpaired) electrons. The molecule has 3 rings (SSSR count). The Morgan fingerprint density at radius 2 is 1.86 bits per heavy atom. The lowest BCUT2D eigenvalue weighted by molar-refractivity contribution is -0.112. The Hall–Kier alpha value is -1.06. The Balaban J connectivity index is 1.90. The summed E-state index contributed by atoms with van der Waals surface area (Å²) < 4.78 is -1.96. The lowest BCUT2D eigenvalue weighted by Gasteiger charge is -2.17. The summed E-state index contributed by atoms with van der Waals surface area (Å²) in [5, 5.41) is 5.13. The molecule has 1 aromatic carbocycles. The molecule has 1 aliphatic rings. The second-order valence-corrected chi connectivity index (χ2v) is 8.89. The van der Waals surface area contributed by atoms with Crippen molar-refractivity contribution in [2.45, 2.75) is 16.8 Å². The number of para-hydroxylation sites is 1. The smallest absolute Gasteiger partial charge is 0.292 e. The number of hydrogen-bond acceptors (Lipinski definition) is 6. The van der Waals surface area contributed by atoms with Gasteiger partial charge < -0.3 is 4.84 Å². The van der Waals surface area contributed by atoms with Crippen molar-refractivity contribution >= 4 is 86.9 Å². The molecule has 0 spiro atoms. The molecular weight excluding hydrogens is 495 g/mol. The predicted octanol–water partition coefficient (Wildman–Crippen LogP) is 4.94. The van der Waals surface area contributed by atoms with Crippen molar-refractivity contribution in [3.05, 3.63) is 45.3 Å². The Labute approximate surface area is 189 Å². The SMILES string of the molecule is CC1NN(c2ccccc2Cl)C(=O)C1=NOc1nc(C(Cl)(Cl)Cl)nc(Cl)c1Cl. The Kier molecular flexibility index (Phi) is 6.46. The van der Waals surface area contributed by atoms with Crippen LogP contribution in [-0.4, -0.2) is 27.6 Å². The summed E-state index contributed by atoms with van der Waals surface area (Å²) in [4.78, 5) is 25.6. The topological polar surface area (TPSA) is 79.7 Å². The first kappa shape index (κ1) is 21.6. The molecule has 2 heterocycles. The van der Waals surface area contributed by atoms with E-state index >= 15 is 0 Å². The Bertz CT molecular complexity index is 964. The van der Waals surface area contributed by atoms with E-state index in [1.165, 1.54) is 5.01 Å². The van der Waals surface area contributed by atoms with Crippen molar-refractivity contribution in [2.75, 3.05) is 5.01 Å². The zero-order valence-electron chi connectivity index (χ0n) is 13.8. The maximum Gasteiger partial charge on any atom is 0.292 e. The molecule has 0 bridgehead atoms. The van der Waals surface area contributed by atoms with Crippen LogP contribution in [-0.2, 0) is 8.59 Å². The van der Waals surface area contributed by atoms with Crippen LogP contribution >= 0.6 is 69.6 Å². The molecule has 1 aromatic heterocycles. The van der Waals surface area contributed by atoms with Crippen LogP contribution in [0, 0.1) is 0 Å². The van der Waals surface area contributed by atoms with Gasteiger partial charge in [-0.3, -0.25) is 4.79 Å². The molecular formula is C15H9Cl6N5O2. The third-order valence-electron chi connectivity index (χ3n) is 3.51. The number of nitrogens with zero attached hydrogens (tertiary/aromatic N) is 4. The highest BCUT2D eigenvalue weighted by atomic mass is 35.6. The zero-order valence-corrected chi connectivity index (χ0v) is 18.3. The van der Waals surface area contributed by atoms with E-state index in [1.54, 1.807) is 31.2 Å². The summed E-state index contributed by atoms with van der Waals surface area (Å²) in [7, 11) is 0.